The minimum absolute atomic E-state index is 0.0738. The number of hydrogen-bond acceptors (Lipinski definition) is 9. The quantitative estimate of drug-likeness (QED) is 0.368. The van der Waals surface area contributed by atoms with Gasteiger partial charge in [0.1, 0.15) is 11.6 Å². The van der Waals surface area contributed by atoms with Gasteiger partial charge in [-0.1, -0.05) is 0 Å². The summed E-state index contributed by atoms with van der Waals surface area (Å²) in [5.74, 6) is 1.08. The molecule has 5 N–H and O–H groups in total. The number of rotatable bonds is 7. The molecule has 1 aliphatic rings. The Kier molecular flexibility index (Phi) is 5.73. The Labute approximate surface area is 202 Å². The van der Waals surface area contributed by atoms with Crippen molar-refractivity contribution in [3.8, 4) is 11.1 Å². The summed E-state index contributed by atoms with van der Waals surface area (Å²) in [5, 5.41) is 7.63. The van der Waals surface area contributed by atoms with Crippen LogP contribution in [0.3, 0.4) is 0 Å². The second-order valence-electron chi connectivity index (χ2n) is 8.53. The van der Waals surface area contributed by atoms with E-state index in [1.54, 1.807) is 10.9 Å². The first kappa shape index (κ1) is 22.3. The molecule has 11 nitrogen and oxygen atoms in total. The smallest absolute Gasteiger partial charge is 0.222 e. The zero-order valence-corrected chi connectivity index (χ0v) is 19.5. The highest BCUT2D eigenvalue weighted by atomic mass is 16.1. The van der Waals surface area contributed by atoms with Crippen LogP contribution in [-0.4, -0.2) is 48.7 Å². The highest BCUT2D eigenvalue weighted by Crippen LogP contribution is 2.38. The molecule has 0 saturated heterocycles. The summed E-state index contributed by atoms with van der Waals surface area (Å²) in [6.07, 6.45) is 7.48. The Bertz CT molecular complexity index is 1400. The van der Waals surface area contributed by atoms with Gasteiger partial charge in [-0.05, 0) is 25.1 Å². The number of carbonyl (C=O) groups excluding carboxylic acids is 1. The highest BCUT2D eigenvalue weighted by Gasteiger charge is 2.28. The molecule has 4 aromatic heterocycles. The van der Waals surface area contributed by atoms with Crippen LogP contribution in [0.4, 0.5) is 23.3 Å². The number of carbonyl (C=O) groups is 1. The molecule has 35 heavy (non-hydrogen) atoms. The molecule has 0 bridgehead atoms. The Morgan fingerprint density at radius 2 is 2.06 bits per heavy atom. The molecule has 0 fully saturated rings. The minimum Gasteiger partial charge on any atom is -0.370 e. The van der Waals surface area contributed by atoms with Crippen LogP contribution >= 0.6 is 0 Å². The number of anilines is 4. The SMILES string of the molecule is Cc1cc(N(CCC(N)=O)c2cc(C3CNc4ncc(-c5cnn(C)c5)cc43)nc(N)n2)ccn1. The molecule has 0 aromatic carbocycles. The van der Waals surface area contributed by atoms with Crippen LogP contribution in [0.2, 0.25) is 0 Å². The van der Waals surface area contributed by atoms with E-state index < -0.39 is 5.91 Å². The van der Waals surface area contributed by atoms with E-state index in [-0.39, 0.29) is 18.3 Å². The van der Waals surface area contributed by atoms with Gasteiger partial charge in [0.25, 0.3) is 0 Å². The summed E-state index contributed by atoms with van der Waals surface area (Å²) in [6, 6.07) is 7.81. The first-order valence-corrected chi connectivity index (χ1v) is 11.2. The third-order valence-corrected chi connectivity index (χ3v) is 5.96. The van der Waals surface area contributed by atoms with Gasteiger partial charge < -0.3 is 21.7 Å². The van der Waals surface area contributed by atoms with Gasteiger partial charge in [0.05, 0.1) is 11.9 Å². The topological polar surface area (TPSA) is 154 Å². The monoisotopic (exact) mass is 470 g/mol. The number of nitrogen functional groups attached to an aromatic ring is 1. The Morgan fingerprint density at radius 3 is 2.80 bits per heavy atom. The molecule has 1 amide bonds. The molecule has 4 aromatic rings. The Balaban J connectivity index is 1.54. The maximum atomic E-state index is 11.6. The van der Waals surface area contributed by atoms with E-state index >= 15 is 0 Å². The summed E-state index contributed by atoms with van der Waals surface area (Å²) < 4.78 is 1.76. The van der Waals surface area contributed by atoms with Crippen molar-refractivity contribution in [2.24, 2.45) is 12.8 Å². The molecule has 11 heteroatoms. The fraction of sp³-hybridized carbons (Fsp3) is 0.250. The normalized spacial score (nSPS) is 14.4. The molecular formula is C24H26N10O. The number of fused-ring (bicyclic) bond motifs is 1. The average molecular weight is 471 g/mol. The fourth-order valence-corrected chi connectivity index (χ4v) is 4.28. The van der Waals surface area contributed by atoms with Gasteiger partial charge in [-0.25, -0.2) is 9.97 Å². The second kappa shape index (κ2) is 9.01. The number of nitrogens with two attached hydrogens (primary N) is 2. The molecule has 0 spiro atoms. The zero-order valence-electron chi connectivity index (χ0n) is 19.5. The summed E-state index contributed by atoms with van der Waals surface area (Å²) in [7, 11) is 1.88. The maximum Gasteiger partial charge on any atom is 0.222 e. The number of aryl methyl sites for hydroxylation is 2. The zero-order chi connectivity index (χ0) is 24.5. The second-order valence-corrected chi connectivity index (χ2v) is 8.53. The molecule has 1 aliphatic heterocycles. The predicted molar refractivity (Wildman–Crippen MR) is 133 cm³/mol. The first-order valence-electron chi connectivity index (χ1n) is 11.2. The lowest BCUT2D eigenvalue weighted by molar-refractivity contribution is -0.117. The van der Waals surface area contributed by atoms with Gasteiger partial charge in [0, 0.05) is 85.2 Å². The third-order valence-electron chi connectivity index (χ3n) is 5.96. The molecule has 0 radical (unpaired) electrons. The first-order chi connectivity index (χ1) is 16.9. The molecular weight excluding hydrogens is 444 g/mol. The van der Waals surface area contributed by atoms with Gasteiger partial charge in [-0.15, -0.1) is 0 Å². The van der Waals surface area contributed by atoms with Crippen molar-refractivity contribution < 1.29 is 4.79 Å². The van der Waals surface area contributed by atoms with Crippen LogP contribution < -0.4 is 21.7 Å². The van der Waals surface area contributed by atoms with Crippen LogP contribution in [0.5, 0.6) is 0 Å². The van der Waals surface area contributed by atoms with E-state index in [4.69, 9.17) is 11.5 Å². The average Bonchev–Trinajstić information content (AvgIpc) is 3.44. The summed E-state index contributed by atoms with van der Waals surface area (Å²) in [4.78, 5) is 31.4. The van der Waals surface area contributed by atoms with Gasteiger partial charge in [-0.2, -0.15) is 10.1 Å². The van der Waals surface area contributed by atoms with Crippen LogP contribution in [0.15, 0.2) is 49.1 Å². The Morgan fingerprint density at radius 1 is 1.20 bits per heavy atom. The van der Waals surface area contributed by atoms with E-state index in [2.05, 4.69) is 36.4 Å². The van der Waals surface area contributed by atoms with E-state index in [0.29, 0.717) is 18.9 Å². The number of nitrogens with one attached hydrogen (secondary N) is 1. The Hall–Kier alpha value is -4.54. The van der Waals surface area contributed by atoms with Crippen molar-refractivity contribution in [3.05, 3.63) is 66.0 Å². The minimum atomic E-state index is -0.397. The summed E-state index contributed by atoms with van der Waals surface area (Å²) in [6.45, 7) is 2.88. The lowest BCUT2D eigenvalue weighted by Gasteiger charge is -2.25. The van der Waals surface area contributed by atoms with Crippen LogP contribution in [0, 0.1) is 6.92 Å². The number of nitrogens with zero attached hydrogens (tertiary/aromatic N) is 7. The van der Waals surface area contributed by atoms with E-state index in [1.807, 2.05) is 55.7 Å². The summed E-state index contributed by atoms with van der Waals surface area (Å²) >= 11 is 0. The third kappa shape index (κ3) is 4.60. The number of primary amides is 1. The molecule has 1 atom stereocenters. The van der Waals surface area contributed by atoms with Gasteiger partial charge in [0.2, 0.25) is 11.9 Å². The van der Waals surface area contributed by atoms with Crippen molar-refractivity contribution in [3.63, 3.8) is 0 Å². The van der Waals surface area contributed by atoms with E-state index in [9.17, 15) is 4.79 Å². The lowest BCUT2D eigenvalue weighted by atomic mass is 9.96. The largest absolute Gasteiger partial charge is 0.370 e. The lowest BCUT2D eigenvalue weighted by Crippen LogP contribution is -2.25. The molecule has 5 rings (SSSR count). The molecule has 0 saturated carbocycles. The van der Waals surface area contributed by atoms with Gasteiger partial charge in [0.15, 0.2) is 0 Å². The van der Waals surface area contributed by atoms with E-state index in [0.717, 1.165) is 39.6 Å². The number of hydrogen-bond donors (Lipinski definition) is 3. The maximum absolute atomic E-state index is 11.6. The molecule has 178 valence electrons. The van der Waals surface area contributed by atoms with Crippen LogP contribution in [-0.2, 0) is 11.8 Å². The predicted octanol–water partition coefficient (Wildman–Crippen LogP) is 2.13. The number of pyridine rings is 2. The molecule has 5 heterocycles. The number of amides is 1. The fourth-order valence-electron chi connectivity index (χ4n) is 4.28. The van der Waals surface area contributed by atoms with Crippen LogP contribution in [0.1, 0.15) is 29.3 Å². The van der Waals surface area contributed by atoms with Crippen molar-refractivity contribution in [1.29, 1.82) is 0 Å². The molecule has 1 unspecified atom stereocenters. The standard InChI is InChI=1S/C24H26N10O/c1-14-7-17(3-5-27-14)34(6-4-21(25)35)22-9-20(31-24(26)32-22)19-12-29-23-18(19)8-15(10-28-23)16-11-30-33(2)13-16/h3,5,7-11,13,19H,4,6,12H2,1-2H3,(H2,25,35)(H,28,29)(H2,26,31,32). The van der Waals surface area contributed by atoms with E-state index in [1.165, 1.54) is 0 Å². The summed E-state index contributed by atoms with van der Waals surface area (Å²) in [5.41, 5.74) is 17.1. The highest BCUT2D eigenvalue weighted by molar-refractivity contribution is 5.75. The van der Waals surface area contributed by atoms with Gasteiger partial charge in [-0.3, -0.25) is 14.5 Å². The van der Waals surface area contributed by atoms with Crippen LogP contribution in [0.25, 0.3) is 11.1 Å². The van der Waals surface area contributed by atoms with Crippen molar-refractivity contribution in [2.75, 3.05) is 29.0 Å². The number of aromatic nitrogens is 6. The van der Waals surface area contributed by atoms with Gasteiger partial charge >= 0.3 is 0 Å². The molecule has 0 aliphatic carbocycles. The van der Waals surface area contributed by atoms with Crippen molar-refractivity contribution >= 4 is 29.2 Å². The van der Waals surface area contributed by atoms with Crippen molar-refractivity contribution in [1.82, 2.24) is 29.7 Å². The van der Waals surface area contributed by atoms with Crippen molar-refractivity contribution in [2.45, 2.75) is 19.3 Å².